The molecule has 1 atom stereocenters. The molecule has 1 N–H and O–H groups in total. The van der Waals surface area contributed by atoms with Crippen molar-refractivity contribution in [1.82, 2.24) is 10.2 Å². The van der Waals surface area contributed by atoms with Crippen molar-refractivity contribution >= 4 is 0 Å². The van der Waals surface area contributed by atoms with E-state index in [0.717, 1.165) is 19.0 Å². The summed E-state index contributed by atoms with van der Waals surface area (Å²) in [7, 11) is 2.23. The predicted molar refractivity (Wildman–Crippen MR) is 60.1 cm³/mol. The number of nitrogens with zero attached hydrogens (tertiary/aromatic N) is 1. The lowest BCUT2D eigenvalue weighted by Gasteiger charge is -2.31. The molecule has 1 unspecified atom stereocenters. The fourth-order valence-corrected chi connectivity index (χ4v) is 1.71. The first-order chi connectivity index (χ1) is 6.13. The molecule has 0 amide bonds. The Kier molecular flexibility index (Phi) is 7.29. The van der Waals surface area contributed by atoms with Gasteiger partial charge >= 0.3 is 0 Å². The lowest BCUT2D eigenvalue weighted by molar-refractivity contribution is 0.188. The van der Waals surface area contributed by atoms with Gasteiger partial charge in [-0.3, -0.25) is 0 Å². The minimum Gasteiger partial charge on any atom is -0.315 e. The van der Waals surface area contributed by atoms with Gasteiger partial charge in [-0.25, -0.2) is 0 Å². The number of hydrogen-bond donors (Lipinski definition) is 1. The van der Waals surface area contributed by atoms with E-state index in [1.807, 2.05) is 0 Å². The summed E-state index contributed by atoms with van der Waals surface area (Å²) in [5.41, 5.74) is 0. The first-order valence-corrected chi connectivity index (χ1v) is 5.54. The summed E-state index contributed by atoms with van der Waals surface area (Å²) in [6, 6.07) is 0.680. The van der Waals surface area contributed by atoms with Crippen LogP contribution in [0.5, 0.6) is 0 Å². The van der Waals surface area contributed by atoms with Crippen molar-refractivity contribution in [3.05, 3.63) is 0 Å². The highest BCUT2D eigenvalue weighted by atomic mass is 15.1. The van der Waals surface area contributed by atoms with Gasteiger partial charge in [-0.2, -0.15) is 0 Å². The monoisotopic (exact) mass is 186 g/mol. The van der Waals surface area contributed by atoms with Gasteiger partial charge in [0.2, 0.25) is 0 Å². The first-order valence-electron chi connectivity index (χ1n) is 5.54. The second-order valence-electron chi connectivity index (χ2n) is 4.10. The Balaban J connectivity index is 3.91. The van der Waals surface area contributed by atoms with Crippen molar-refractivity contribution in [2.75, 3.05) is 26.7 Å². The standard InChI is InChI=1S/C11H26N2/c1-6-8-13(5)11(10(3)4)9-12-7-2/h10-12H,6-9H2,1-5H3. The van der Waals surface area contributed by atoms with Crippen molar-refractivity contribution in [1.29, 1.82) is 0 Å². The maximum absolute atomic E-state index is 3.43. The van der Waals surface area contributed by atoms with Crippen LogP contribution in [0.4, 0.5) is 0 Å². The highest BCUT2D eigenvalue weighted by molar-refractivity contribution is 4.74. The summed E-state index contributed by atoms with van der Waals surface area (Å²) in [6.45, 7) is 12.4. The molecule has 0 aromatic carbocycles. The molecule has 0 aliphatic carbocycles. The van der Waals surface area contributed by atoms with Crippen molar-refractivity contribution in [2.24, 2.45) is 5.92 Å². The number of likely N-dealkylation sites (N-methyl/N-ethyl adjacent to an activating group) is 2. The van der Waals surface area contributed by atoms with Crippen LogP contribution < -0.4 is 5.32 Å². The zero-order valence-corrected chi connectivity index (χ0v) is 9.93. The Morgan fingerprint density at radius 1 is 1.23 bits per heavy atom. The van der Waals surface area contributed by atoms with E-state index in [1.54, 1.807) is 0 Å². The molecule has 0 aliphatic rings. The third kappa shape index (κ3) is 5.27. The Labute approximate surface area is 83.7 Å². The maximum Gasteiger partial charge on any atom is 0.0240 e. The molecule has 0 bridgehead atoms. The van der Waals surface area contributed by atoms with Crippen LogP contribution in [-0.4, -0.2) is 37.6 Å². The Morgan fingerprint density at radius 2 is 1.85 bits per heavy atom. The Hall–Kier alpha value is -0.0800. The minimum absolute atomic E-state index is 0.680. The normalized spacial score (nSPS) is 14.1. The molecule has 0 aromatic rings. The third-order valence-electron chi connectivity index (χ3n) is 2.52. The van der Waals surface area contributed by atoms with E-state index in [1.165, 1.54) is 13.0 Å². The van der Waals surface area contributed by atoms with Crippen LogP contribution in [0.15, 0.2) is 0 Å². The molecule has 0 rings (SSSR count). The fourth-order valence-electron chi connectivity index (χ4n) is 1.71. The van der Waals surface area contributed by atoms with Crippen LogP contribution >= 0.6 is 0 Å². The Bertz CT molecular complexity index is 113. The summed E-state index contributed by atoms with van der Waals surface area (Å²) in [4.78, 5) is 2.47. The zero-order chi connectivity index (χ0) is 10.3. The number of nitrogens with one attached hydrogen (secondary N) is 1. The van der Waals surface area contributed by atoms with E-state index in [0.29, 0.717) is 6.04 Å². The highest BCUT2D eigenvalue weighted by Gasteiger charge is 2.16. The van der Waals surface area contributed by atoms with Gasteiger partial charge in [0.15, 0.2) is 0 Å². The quantitative estimate of drug-likeness (QED) is 0.654. The second-order valence-corrected chi connectivity index (χ2v) is 4.10. The molecule has 0 radical (unpaired) electrons. The summed E-state index contributed by atoms with van der Waals surface area (Å²) >= 11 is 0. The van der Waals surface area contributed by atoms with Crippen LogP contribution in [0.3, 0.4) is 0 Å². The summed E-state index contributed by atoms with van der Waals surface area (Å²) in [5, 5.41) is 3.43. The molecule has 13 heavy (non-hydrogen) atoms. The highest BCUT2D eigenvalue weighted by Crippen LogP contribution is 2.08. The van der Waals surface area contributed by atoms with Gasteiger partial charge in [0.05, 0.1) is 0 Å². The molecule has 0 fully saturated rings. The van der Waals surface area contributed by atoms with Crippen LogP contribution in [0, 0.1) is 5.92 Å². The molecule has 80 valence electrons. The van der Waals surface area contributed by atoms with E-state index in [4.69, 9.17) is 0 Å². The maximum atomic E-state index is 3.43. The summed E-state index contributed by atoms with van der Waals surface area (Å²) in [6.07, 6.45) is 1.24. The lowest BCUT2D eigenvalue weighted by Crippen LogP contribution is -2.43. The molecule has 0 aromatic heterocycles. The molecule has 0 saturated heterocycles. The fraction of sp³-hybridized carbons (Fsp3) is 1.00. The van der Waals surface area contributed by atoms with E-state index >= 15 is 0 Å². The molecule has 2 heteroatoms. The molecular weight excluding hydrogens is 160 g/mol. The molecule has 0 spiro atoms. The number of hydrogen-bond acceptors (Lipinski definition) is 2. The summed E-state index contributed by atoms with van der Waals surface area (Å²) in [5.74, 6) is 0.732. The minimum atomic E-state index is 0.680. The van der Waals surface area contributed by atoms with Crippen LogP contribution in [0.25, 0.3) is 0 Å². The topological polar surface area (TPSA) is 15.3 Å². The number of rotatable bonds is 7. The van der Waals surface area contributed by atoms with Crippen molar-refractivity contribution in [2.45, 2.75) is 40.2 Å². The molecule has 0 saturated carbocycles. The SMILES string of the molecule is CCCN(C)C(CNCC)C(C)C. The third-order valence-corrected chi connectivity index (χ3v) is 2.52. The van der Waals surface area contributed by atoms with E-state index in [2.05, 4.69) is 45.0 Å². The van der Waals surface area contributed by atoms with E-state index in [9.17, 15) is 0 Å². The van der Waals surface area contributed by atoms with Gasteiger partial charge in [0.25, 0.3) is 0 Å². The average Bonchev–Trinajstić information content (AvgIpc) is 2.05. The van der Waals surface area contributed by atoms with Crippen molar-refractivity contribution in [3.8, 4) is 0 Å². The van der Waals surface area contributed by atoms with Gasteiger partial charge in [0, 0.05) is 12.6 Å². The van der Waals surface area contributed by atoms with Gasteiger partial charge < -0.3 is 10.2 Å². The first kappa shape index (κ1) is 12.9. The molecular formula is C11H26N2. The lowest BCUT2D eigenvalue weighted by atomic mass is 10.0. The summed E-state index contributed by atoms with van der Waals surface area (Å²) < 4.78 is 0. The van der Waals surface area contributed by atoms with E-state index < -0.39 is 0 Å². The molecule has 2 nitrogen and oxygen atoms in total. The van der Waals surface area contributed by atoms with E-state index in [-0.39, 0.29) is 0 Å². The van der Waals surface area contributed by atoms with Crippen molar-refractivity contribution in [3.63, 3.8) is 0 Å². The van der Waals surface area contributed by atoms with Crippen molar-refractivity contribution < 1.29 is 0 Å². The predicted octanol–water partition coefficient (Wildman–Crippen LogP) is 1.96. The Morgan fingerprint density at radius 3 is 2.23 bits per heavy atom. The molecule has 0 heterocycles. The second kappa shape index (κ2) is 7.34. The zero-order valence-electron chi connectivity index (χ0n) is 9.93. The van der Waals surface area contributed by atoms with Gasteiger partial charge in [0.1, 0.15) is 0 Å². The van der Waals surface area contributed by atoms with Crippen LogP contribution in [0.1, 0.15) is 34.1 Å². The van der Waals surface area contributed by atoms with Gasteiger partial charge in [-0.05, 0) is 32.5 Å². The molecule has 0 aliphatic heterocycles. The largest absolute Gasteiger partial charge is 0.315 e. The average molecular weight is 186 g/mol. The van der Waals surface area contributed by atoms with Gasteiger partial charge in [-0.15, -0.1) is 0 Å². The van der Waals surface area contributed by atoms with Crippen LogP contribution in [-0.2, 0) is 0 Å². The van der Waals surface area contributed by atoms with Crippen LogP contribution in [0.2, 0.25) is 0 Å². The smallest absolute Gasteiger partial charge is 0.0240 e. The van der Waals surface area contributed by atoms with Gasteiger partial charge in [-0.1, -0.05) is 27.7 Å².